The summed E-state index contributed by atoms with van der Waals surface area (Å²) >= 11 is 0. The van der Waals surface area contributed by atoms with Gasteiger partial charge in [0.1, 0.15) is 5.75 Å². The Labute approximate surface area is 131 Å². The van der Waals surface area contributed by atoms with Gasteiger partial charge < -0.3 is 15.2 Å². The molecule has 0 fully saturated rings. The quantitative estimate of drug-likeness (QED) is 0.847. The number of hydrogen-bond donors (Lipinski definition) is 2. The largest absolute Gasteiger partial charge is 0.496 e. The molecule has 1 atom stereocenters. The van der Waals surface area contributed by atoms with E-state index in [-0.39, 0.29) is 22.8 Å². The number of aromatic carboxylic acids is 1. The van der Waals surface area contributed by atoms with Crippen LogP contribution in [0.5, 0.6) is 5.75 Å². The Morgan fingerprint density at radius 3 is 2.45 bits per heavy atom. The number of ether oxygens (including phenoxy) is 1. The first kappa shape index (κ1) is 18.0. The van der Waals surface area contributed by atoms with Crippen molar-refractivity contribution < 1.29 is 19.4 Å². The Kier molecular flexibility index (Phi) is 5.97. The van der Waals surface area contributed by atoms with E-state index in [4.69, 9.17) is 9.84 Å². The van der Waals surface area contributed by atoms with Crippen molar-refractivity contribution in [3.8, 4) is 5.75 Å². The van der Waals surface area contributed by atoms with Gasteiger partial charge in [-0.25, -0.2) is 4.79 Å². The zero-order valence-electron chi connectivity index (χ0n) is 13.9. The number of benzene rings is 1. The Morgan fingerprint density at radius 2 is 1.95 bits per heavy atom. The second kappa shape index (κ2) is 7.29. The van der Waals surface area contributed by atoms with Crippen molar-refractivity contribution in [2.45, 2.75) is 34.1 Å². The SMILES string of the molecule is COc1cc(C(=O)O)ccc1CCNC(=O)C(C)C(C)(C)C. The van der Waals surface area contributed by atoms with Crippen molar-refractivity contribution in [3.63, 3.8) is 0 Å². The molecule has 0 aromatic heterocycles. The highest BCUT2D eigenvalue weighted by atomic mass is 16.5. The van der Waals surface area contributed by atoms with Crippen LogP contribution in [-0.4, -0.2) is 30.6 Å². The molecule has 2 N–H and O–H groups in total. The molecule has 0 aliphatic rings. The van der Waals surface area contributed by atoms with Crippen LogP contribution in [0.4, 0.5) is 0 Å². The molecule has 22 heavy (non-hydrogen) atoms. The summed E-state index contributed by atoms with van der Waals surface area (Å²) in [6.07, 6.45) is 0.589. The third-order valence-electron chi connectivity index (χ3n) is 3.92. The summed E-state index contributed by atoms with van der Waals surface area (Å²) in [6.45, 7) is 8.50. The second-order valence-corrected chi connectivity index (χ2v) is 6.46. The number of amides is 1. The first-order chi connectivity index (χ1) is 10.2. The molecular weight excluding hydrogens is 282 g/mol. The molecule has 0 heterocycles. The smallest absolute Gasteiger partial charge is 0.335 e. The predicted octanol–water partition coefficient (Wildman–Crippen LogP) is 2.73. The minimum atomic E-state index is -0.989. The standard InChI is InChI=1S/C17H25NO4/c1-11(17(2,3)4)15(19)18-9-8-12-6-7-13(16(20)21)10-14(12)22-5/h6-7,10-11H,8-9H2,1-5H3,(H,18,19)(H,20,21). The van der Waals surface area contributed by atoms with Crippen LogP contribution in [0.2, 0.25) is 0 Å². The highest BCUT2D eigenvalue weighted by molar-refractivity contribution is 5.88. The average molecular weight is 307 g/mol. The Bertz CT molecular complexity index is 546. The van der Waals surface area contributed by atoms with Gasteiger partial charge in [0.15, 0.2) is 0 Å². The molecule has 0 saturated heterocycles. The molecule has 0 spiro atoms. The van der Waals surface area contributed by atoms with Crippen molar-refractivity contribution in [2.75, 3.05) is 13.7 Å². The number of carboxylic acid groups (broad SMARTS) is 1. The lowest BCUT2D eigenvalue weighted by Crippen LogP contribution is -2.37. The van der Waals surface area contributed by atoms with Gasteiger partial charge in [-0.1, -0.05) is 33.8 Å². The van der Waals surface area contributed by atoms with Crippen molar-refractivity contribution in [3.05, 3.63) is 29.3 Å². The number of rotatable bonds is 6. The molecule has 122 valence electrons. The van der Waals surface area contributed by atoms with Crippen LogP contribution in [0.3, 0.4) is 0 Å². The monoisotopic (exact) mass is 307 g/mol. The Balaban J connectivity index is 2.65. The summed E-state index contributed by atoms with van der Waals surface area (Å²) in [4.78, 5) is 23.0. The fraction of sp³-hybridized carbons (Fsp3) is 0.529. The lowest BCUT2D eigenvalue weighted by Gasteiger charge is -2.26. The maximum Gasteiger partial charge on any atom is 0.335 e. The lowest BCUT2D eigenvalue weighted by atomic mass is 9.81. The lowest BCUT2D eigenvalue weighted by molar-refractivity contribution is -0.127. The van der Waals surface area contributed by atoms with Gasteiger partial charge in [0.2, 0.25) is 5.91 Å². The normalized spacial score (nSPS) is 12.6. The molecule has 0 aliphatic heterocycles. The van der Waals surface area contributed by atoms with Gasteiger partial charge >= 0.3 is 5.97 Å². The van der Waals surface area contributed by atoms with E-state index in [2.05, 4.69) is 5.32 Å². The van der Waals surface area contributed by atoms with E-state index in [1.54, 1.807) is 12.1 Å². The fourth-order valence-corrected chi connectivity index (χ4v) is 1.95. The second-order valence-electron chi connectivity index (χ2n) is 6.46. The zero-order chi connectivity index (χ0) is 16.9. The average Bonchev–Trinajstić information content (AvgIpc) is 2.45. The number of carbonyl (C=O) groups excluding carboxylic acids is 1. The minimum Gasteiger partial charge on any atom is -0.496 e. The first-order valence-corrected chi connectivity index (χ1v) is 7.34. The minimum absolute atomic E-state index is 0.0219. The molecule has 0 saturated carbocycles. The van der Waals surface area contributed by atoms with E-state index in [1.807, 2.05) is 27.7 Å². The molecule has 0 radical (unpaired) electrons. The van der Waals surface area contributed by atoms with Gasteiger partial charge in [0.25, 0.3) is 0 Å². The molecule has 5 nitrogen and oxygen atoms in total. The molecule has 5 heteroatoms. The maximum atomic E-state index is 12.1. The van der Waals surface area contributed by atoms with Gasteiger partial charge in [0, 0.05) is 12.5 Å². The molecule has 1 unspecified atom stereocenters. The van der Waals surface area contributed by atoms with E-state index < -0.39 is 5.97 Å². The number of methoxy groups -OCH3 is 1. The van der Waals surface area contributed by atoms with E-state index >= 15 is 0 Å². The number of carbonyl (C=O) groups is 2. The third-order valence-corrected chi connectivity index (χ3v) is 3.92. The molecule has 1 amide bonds. The van der Waals surface area contributed by atoms with Crippen LogP contribution >= 0.6 is 0 Å². The zero-order valence-corrected chi connectivity index (χ0v) is 13.9. The van der Waals surface area contributed by atoms with Gasteiger partial charge in [-0.3, -0.25) is 4.79 Å². The molecule has 0 aliphatic carbocycles. The van der Waals surface area contributed by atoms with Crippen LogP contribution in [0.1, 0.15) is 43.6 Å². The number of nitrogens with one attached hydrogen (secondary N) is 1. The van der Waals surface area contributed by atoms with Crippen LogP contribution in [0, 0.1) is 11.3 Å². The van der Waals surface area contributed by atoms with Gasteiger partial charge in [0.05, 0.1) is 12.7 Å². The highest BCUT2D eigenvalue weighted by Crippen LogP contribution is 2.25. The Hall–Kier alpha value is -2.04. The molecule has 1 aromatic rings. The van der Waals surface area contributed by atoms with Gasteiger partial charge in [-0.15, -0.1) is 0 Å². The Morgan fingerprint density at radius 1 is 1.32 bits per heavy atom. The van der Waals surface area contributed by atoms with Crippen LogP contribution in [-0.2, 0) is 11.2 Å². The topological polar surface area (TPSA) is 75.6 Å². The van der Waals surface area contributed by atoms with E-state index in [0.29, 0.717) is 18.7 Å². The third kappa shape index (κ3) is 4.76. The highest BCUT2D eigenvalue weighted by Gasteiger charge is 2.26. The summed E-state index contributed by atoms with van der Waals surface area (Å²) in [5, 5.41) is 11.9. The molecule has 1 rings (SSSR count). The number of carboxylic acids is 1. The summed E-state index contributed by atoms with van der Waals surface area (Å²) in [6, 6.07) is 4.76. The van der Waals surface area contributed by atoms with Crippen LogP contribution in [0.25, 0.3) is 0 Å². The number of hydrogen-bond acceptors (Lipinski definition) is 3. The molecular formula is C17H25NO4. The summed E-state index contributed by atoms with van der Waals surface area (Å²) in [7, 11) is 1.50. The summed E-state index contributed by atoms with van der Waals surface area (Å²) < 4.78 is 5.22. The van der Waals surface area contributed by atoms with Crippen molar-refractivity contribution >= 4 is 11.9 Å². The van der Waals surface area contributed by atoms with E-state index in [1.165, 1.54) is 13.2 Å². The van der Waals surface area contributed by atoms with Crippen LogP contribution in [0.15, 0.2) is 18.2 Å². The van der Waals surface area contributed by atoms with Crippen molar-refractivity contribution in [1.82, 2.24) is 5.32 Å². The molecule has 0 bridgehead atoms. The van der Waals surface area contributed by atoms with E-state index in [0.717, 1.165) is 5.56 Å². The van der Waals surface area contributed by atoms with Gasteiger partial charge in [-0.2, -0.15) is 0 Å². The molecule has 1 aromatic carbocycles. The van der Waals surface area contributed by atoms with Crippen molar-refractivity contribution in [1.29, 1.82) is 0 Å². The van der Waals surface area contributed by atoms with Crippen molar-refractivity contribution in [2.24, 2.45) is 11.3 Å². The summed E-state index contributed by atoms with van der Waals surface area (Å²) in [5.74, 6) is -0.521. The fourth-order valence-electron chi connectivity index (χ4n) is 1.95. The van der Waals surface area contributed by atoms with Crippen LogP contribution < -0.4 is 10.1 Å². The van der Waals surface area contributed by atoms with Gasteiger partial charge in [-0.05, 0) is 29.5 Å². The maximum absolute atomic E-state index is 12.1. The van der Waals surface area contributed by atoms with E-state index in [9.17, 15) is 9.59 Å². The first-order valence-electron chi connectivity index (χ1n) is 7.34. The predicted molar refractivity (Wildman–Crippen MR) is 85.3 cm³/mol. The summed E-state index contributed by atoms with van der Waals surface area (Å²) in [5.41, 5.74) is 0.979.